The van der Waals surface area contributed by atoms with Crippen molar-refractivity contribution in [3.05, 3.63) is 39.9 Å². The highest BCUT2D eigenvalue weighted by molar-refractivity contribution is 5.95. The second-order valence-electron chi connectivity index (χ2n) is 5.30. The van der Waals surface area contributed by atoms with E-state index in [9.17, 15) is 18.4 Å². The van der Waals surface area contributed by atoms with Crippen LogP contribution in [0.2, 0.25) is 0 Å². The zero-order valence-electron chi connectivity index (χ0n) is 12.6. The lowest BCUT2D eigenvalue weighted by Gasteiger charge is -2.15. The Bertz CT molecular complexity index is 846. The number of halogens is 2. The van der Waals surface area contributed by atoms with Gasteiger partial charge in [-0.05, 0) is 19.1 Å². The van der Waals surface area contributed by atoms with Crippen LogP contribution in [0.3, 0.4) is 0 Å². The maximum absolute atomic E-state index is 14.0. The second kappa shape index (κ2) is 5.64. The van der Waals surface area contributed by atoms with Gasteiger partial charge in [0.25, 0.3) is 0 Å². The summed E-state index contributed by atoms with van der Waals surface area (Å²) in [6.07, 6.45) is 0.359. The summed E-state index contributed by atoms with van der Waals surface area (Å²) in [4.78, 5) is 24.5. The molecule has 122 valence electrons. The highest BCUT2D eigenvalue weighted by atomic mass is 19.1. The molecule has 7 heteroatoms. The van der Waals surface area contributed by atoms with Gasteiger partial charge in [0.2, 0.25) is 5.43 Å². The average Bonchev–Trinajstić information content (AvgIpc) is 3.24. The van der Waals surface area contributed by atoms with Gasteiger partial charge in [-0.3, -0.25) is 4.79 Å². The van der Waals surface area contributed by atoms with Crippen molar-refractivity contribution in [1.29, 1.82) is 0 Å². The molecule has 5 nitrogen and oxygen atoms in total. The number of fused-ring (bicyclic) bond motifs is 1. The molecule has 1 saturated carbocycles. The number of rotatable bonds is 4. The molecule has 2 atom stereocenters. The number of carbonyl (C=O) groups is 1. The first kappa shape index (κ1) is 15.5. The normalized spacial score (nSPS) is 19.7. The zero-order chi connectivity index (χ0) is 16.7. The van der Waals surface area contributed by atoms with E-state index >= 15 is 0 Å². The smallest absolute Gasteiger partial charge is 0.343 e. The number of aromatic nitrogens is 1. The molecule has 0 bridgehead atoms. The Labute approximate surface area is 130 Å². The summed E-state index contributed by atoms with van der Waals surface area (Å²) in [5.74, 6) is -1.59. The Morgan fingerprint density at radius 3 is 2.70 bits per heavy atom. The van der Waals surface area contributed by atoms with E-state index < -0.39 is 29.4 Å². The Kier molecular flexibility index (Phi) is 3.79. The second-order valence-corrected chi connectivity index (χ2v) is 5.30. The van der Waals surface area contributed by atoms with E-state index in [1.54, 1.807) is 6.92 Å². The van der Waals surface area contributed by atoms with Crippen LogP contribution in [0.15, 0.2) is 23.1 Å². The van der Waals surface area contributed by atoms with Crippen LogP contribution in [-0.4, -0.2) is 30.4 Å². The minimum Gasteiger partial charge on any atom is -0.492 e. The summed E-state index contributed by atoms with van der Waals surface area (Å²) < 4.78 is 38.8. The molecule has 1 aliphatic carbocycles. The van der Waals surface area contributed by atoms with Crippen LogP contribution in [0.4, 0.5) is 8.78 Å². The molecule has 1 aromatic carbocycles. The monoisotopic (exact) mass is 323 g/mol. The molecule has 0 N–H and O–H groups in total. The Balaban J connectivity index is 2.35. The SMILES string of the molecule is CCOC(=O)c1cn(C2CC2F)c2c(OC)c(F)ccc2c1=O. The summed E-state index contributed by atoms with van der Waals surface area (Å²) in [7, 11) is 1.27. The number of hydrogen-bond acceptors (Lipinski definition) is 4. The van der Waals surface area contributed by atoms with Crippen LogP contribution in [-0.2, 0) is 4.74 Å². The first-order chi connectivity index (χ1) is 11.0. The van der Waals surface area contributed by atoms with E-state index in [4.69, 9.17) is 9.47 Å². The number of hydrogen-bond donors (Lipinski definition) is 0. The van der Waals surface area contributed by atoms with Crippen LogP contribution < -0.4 is 10.2 Å². The lowest BCUT2D eigenvalue weighted by molar-refractivity contribution is 0.0524. The third-order valence-corrected chi connectivity index (χ3v) is 3.84. The van der Waals surface area contributed by atoms with E-state index in [2.05, 4.69) is 0 Å². The molecule has 1 aromatic heterocycles. The average molecular weight is 323 g/mol. The maximum atomic E-state index is 14.0. The number of esters is 1. The highest BCUT2D eigenvalue weighted by Crippen LogP contribution is 2.42. The van der Waals surface area contributed by atoms with Gasteiger partial charge in [-0.2, -0.15) is 0 Å². The number of benzene rings is 1. The molecule has 1 heterocycles. The van der Waals surface area contributed by atoms with Crippen molar-refractivity contribution in [2.45, 2.75) is 25.6 Å². The fourth-order valence-electron chi connectivity index (χ4n) is 2.64. The zero-order valence-corrected chi connectivity index (χ0v) is 12.6. The largest absolute Gasteiger partial charge is 0.492 e. The van der Waals surface area contributed by atoms with E-state index in [0.717, 1.165) is 6.07 Å². The van der Waals surface area contributed by atoms with Crippen LogP contribution in [0, 0.1) is 5.82 Å². The highest BCUT2D eigenvalue weighted by Gasteiger charge is 2.40. The summed E-state index contributed by atoms with van der Waals surface area (Å²) in [6, 6.07) is 1.80. The van der Waals surface area contributed by atoms with Crippen LogP contribution >= 0.6 is 0 Å². The van der Waals surface area contributed by atoms with Gasteiger partial charge in [0, 0.05) is 12.6 Å². The van der Waals surface area contributed by atoms with Gasteiger partial charge < -0.3 is 14.0 Å². The van der Waals surface area contributed by atoms with Gasteiger partial charge in [-0.25, -0.2) is 13.6 Å². The van der Waals surface area contributed by atoms with Crippen LogP contribution in [0.25, 0.3) is 10.9 Å². The lowest BCUT2D eigenvalue weighted by atomic mass is 10.1. The molecule has 2 unspecified atom stereocenters. The van der Waals surface area contributed by atoms with Crippen molar-refractivity contribution in [3.63, 3.8) is 0 Å². The van der Waals surface area contributed by atoms with Gasteiger partial charge in [-0.15, -0.1) is 0 Å². The number of alkyl halides is 1. The summed E-state index contributed by atoms with van der Waals surface area (Å²) in [6.45, 7) is 1.73. The number of carbonyl (C=O) groups excluding carboxylic acids is 1. The van der Waals surface area contributed by atoms with Gasteiger partial charge in [0.15, 0.2) is 11.6 Å². The molecule has 0 spiro atoms. The third kappa shape index (κ3) is 2.46. The standard InChI is InChI=1S/C16H15F2NO4/c1-3-23-16(21)9-7-19(12-6-11(12)18)13-8(14(9)20)4-5-10(17)15(13)22-2/h4-5,7,11-12H,3,6H2,1-2H3. The first-order valence-electron chi connectivity index (χ1n) is 7.22. The molecule has 0 aliphatic heterocycles. The van der Waals surface area contributed by atoms with Crippen molar-refractivity contribution in [2.75, 3.05) is 13.7 Å². The van der Waals surface area contributed by atoms with Gasteiger partial charge >= 0.3 is 5.97 Å². The summed E-state index contributed by atoms with van der Waals surface area (Å²) >= 11 is 0. The van der Waals surface area contributed by atoms with Gasteiger partial charge in [0.1, 0.15) is 11.7 Å². The minimum atomic E-state index is -1.11. The molecule has 0 radical (unpaired) electrons. The molecule has 3 rings (SSSR count). The lowest BCUT2D eigenvalue weighted by Crippen LogP contribution is -2.21. The Morgan fingerprint density at radius 2 is 2.13 bits per heavy atom. The predicted octanol–water partition coefficient (Wildman–Crippen LogP) is 2.61. The predicted molar refractivity (Wildman–Crippen MR) is 79.2 cm³/mol. The molecule has 0 saturated heterocycles. The molecule has 23 heavy (non-hydrogen) atoms. The van der Waals surface area contributed by atoms with E-state index in [0.29, 0.717) is 0 Å². The van der Waals surface area contributed by atoms with Crippen molar-refractivity contribution < 1.29 is 23.0 Å². The van der Waals surface area contributed by atoms with Gasteiger partial charge in [-0.1, -0.05) is 0 Å². The van der Waals surface area contributed by atoms with E-state index in [1.807, 2.05) is 0 Å². The summed E-state index contributed by atoms with van der Waals surface area (Å²) in [5, 5.41) is 0.0907. The Morgan fingerprint density at radius 1 is 1.43 bits per heavy atom. The molecule has 0 amide bonds. The van der Waals surface area contributed by atoms with Crippen LogP contribution in [0.5, 0.6) is 5.75 Å². The van der Waals surface area contributed by atoms with Crippen molar-refractivity contribution in [3.8, 4) is 5.75 Å². The molecular weight excluding hydrogens is 308 g/mol. The summed E-state index contributed by atoms with van der Waals surface area (Å²) in [5.41, 5.74) is -0.646. The number of nitrogens with zero attached hydrogens (tertiary/aromatic N) is 1. The minimum absolute atomic E-state index is 0.0907. The number of pyridine rings is 1. The quantitative estimate of drug-likeness (QED) is 0.812. The van der Waals surface area contributed by atoms with Crippen molar-refractivity contribution in [1.82, 2.24) is 4.57 Å². The van der Waals surface area contributed by atoms with Crippen LogP contribution in [0.1, 0.15) is 29.7 Å². The fraction of sp³-hybridized carbons (Fsp3) is 0.375. The Hall–Kier alpha value is -2.44. The van der Waals surface area contributed by atoms with Gasteiger partial charge in [0.05, 0.1) is 30.7 Å². The van der Waals surface area contributed by atoms with E-state index in [-0.39, 0.29) is 35.2 Å². The third-order valence-electron chi connectivity index (χ3n) is 3.84. The first-order valence-corrected chi connectivity index (χ1v) is 7.22. The number of ether oxygens (including phenoxy) is 2. The topological polar surface area (TPSA) is 57.5 Å². The maximum Gasteiger partial charge on any atom is 0.343 e. The molecule has 2 aromatic rings. The van der Waals surface area contributed by atoms with Crippen molar-refractivity contribution in [2.24, 2.45) is 0 Å². The molecule has 1 aliphatic rings. The fourth-order valence-corrected chi connectivity index (χ4v) is 2.64. The van der Waals surface area contributed by atoms with E-state index in [1.165, 1.54) is 23.9 Å². The molecular formula is C16H15F2NO4. The van der Waals surface area contributed by atoms with Crippen molar-refractivity contribution >= 4 is 16.9 Å². The molecule has 1 fully saturated rings. The number of methoxy groups -OCH3 is 1.